The SMILES string of the molecule is CCCc1c2cnc3c(OC)cccc3c2nn1Cc1ccccc1. The van der Waals surface area contributed by atoms with E-state index < -0.39 is 0 Å². The molecule has 0 aliphatic carbocycles. The molecule has 0 saturated heterocycles. The van der Waals surface area contributed by atoms with E-state index in [0.29, 0.717) is 0 Å². The number of aromatic nitrogens is 3. The fraction of sp³-hybridized carbons (Fsp3) is 0.238. The second-order valence-electron chi connectivity index (χ2n) is 6.22. The van der Waals surface area contributed by atoms with Gasteiger partial charge in [-0.1, -0.05) is 55.8 Å². The molecule has 4 aromatic rings. The van der Waals surface area contributed by atoms with Crippen molar-refractivity contribution in [2.75, 3.05) is 7.11 Å². The van der Waals surface area contributed by atoms with E-state index >= 15 is 0 Å². The number of rotatable bonds is 5. The highest BCUT2D eigenvalue weighted by molar-refractivity contribution is 6.05. The highest BCUT2D eigenvalue weighted by Gasteiger charge is 2.15. The van der Waals surface area contributed by atoms with Crippen LogP contribution in [-0.2, 0) is 13.0 Å². The fourth-order valence-corrected chi connectivity index (χ4v) is 3.37. The first kappa shape index (κ1) is 15.6. The molecule has 126 valence electrons. The van der Waals surface area contributed by atoms with Crippen LogP contribution in [0.15, 0.2) is 54.7 Å². The van der Waals surface area contributed by atoms with Gasteiger partial charge in [0.05, 0.1) is 13.7 Å². The molecule has 4 rings (SSSR count). The molecule has 0 amide bonds. The maximum Gasteiger partial charge on any atom is 0.145 e. The number of aryl methyl sites for hydroxylation is 1. The lowest BCUT2D eigenvalue weighted by atomic mass is 10.1. The van der Waals surface area contributed by atoms with Crippen molar-refractivity contribution in [1.29, 1.82) is 0 Å². The van der Waals surface area contributed by atoms with Crippen molar-refractivity contribution in [3.63, 3.8) is 0 Å². The molecule has 4 nitrogen and oxygen atoms in total. The Morgan fingerprint density at radius 1 is 0.960 bits per heavy atom. The summed E-state index contributed by atoms with van der Waals surface area (Å²) in [5, 5.41) is 7.13. The summed E-state index contributed by atoms with van der Waals surface area (Å²) in [7, 11) is 1.68. The van der Waals surface area contributed by atoms with Crippen LogP contribution in [0, 0.1) is 0 Å². The summed E-state index contributed by atoms with van der Waals surface area (Å²) >= 11 is 0. The highest BCUT2D eigenvalue weighted by Crippen LogP contribution is 2.31. The van der Waals surface area contributed by atoms with Crippen LogP contribution < -0.4 is 4.74 Å². The van der Waals surface area contributed by atoms with Gasteiger partial charge in [0.1, 0.15) is 16.8 Å². The first-order valence-electron chi connectivity index (χ1n) is 8.67. The second kappa shape index (κ2) is 6.55. The topological polar surface area (TPSA) is 39.9 Å². The number of pyridine rings is 1. The Bertz CT molecular complexity index is 1020. The summed E-state index contributed by atoms with van der Waals surface area (Å²) in [4.78, 5) is 4.67. The van der Waals surface area contributed by atoms with Gasteiger partial charge in [0.2, 0.25) is 0 Å². The minimum absolute atomic E-state index is 0.774. The number of fused-ring (bicyclic) bond motifs is 3. The van der Waals surface area contributed by atoms with Gasteiger partial charge in [-0.05, 0) is 18.1 Å². The van der Waals surface area contributed by atoms with E-state index in [0.717, 1.165) is 46.9 Å². The Labute approximate surface area is 147 Å². The zero-order chi connectivity index (χ0) is 17.2. The minimum atomic E-state index is 0.774. The summed E-state index contributed by atoms with van der Waals surface area (Å²) in [5.74, 6) is 0.786. The molecule has 0 aliphatic rings. The Kier molecular flexibility index (Phi) is 4.10. The Morgan fingerprint density at radius 2 is 1.80 bits per heavy atom. The largest absolute Gasteiger partial charge is 0.494 e. The van der Waals surface area contributed by atoms with Crippen LogP contribution in [0.5, 0.6) is 5.75 Å². The maximum atomic E-state index is 5.46. The monoisotopic (exact) mass is 331 g/mol. The zero-order valence-corrected chi connectivity index (χ0v) is 14.6. The molecule has 0 saturated carbocycles. The van der Waals surface area contributed by atoms with E-state index in [2.05, 4.69) is 46.9 Å². The van der Waals surface area contributed by atoms with E-state index in [1.54, 1.807) is 7.11 Å². The van der Waals surface area contributed by atoms with Gasteiger partial charge in [-0.3, -0.25) is 9.67 Å². The van der Waals surface area contributed by atoms with Crippen LogP contribution in [0.1, 0.15) is 24.6 Å². The molecular weight excluding hydrogens is 310 g/mol. The lowest BCUT2D eigenvalue weighted by Gasteiger charge is -2.07. The van der Waals surface area contributed by atoms with Crippen molar-refractivity contribution in [3.05, 3.63) is 66.0 Å². The molecule has 0 bridgehead atoms. The molecule has 4 heteroatoms. The molecule has 0 atom stereocenters. The van der Waals surface area contributed by atoms with Crippen LogP contribution in [0.25, 0.3) is 21.8 Å². The molecule has 0 N–H and O–H groups in total. The van der Waals surface area contributed by atoms with Crippen molar-refractivity contribution in [1.82, 2.24) is 14.8 Å². The van der Waals surface area contributed by atoms with Gasteiger partial charge in [0.15, 0.2) is 0 Å². The lowest BCUT2D eigenvalue weighted by molar-refractivity contribution is 0.419. The minimum Gasteiger partial charge on any atom is -0.494 e. The molecule has 0 unspecified atom stereocenters. The second-order valence-corrected chi connectivity index (χ2v) is 6.22. The van der Waals surface area contributed by atoms with Crippen LogP contribution in [-0.4, -0.2) is 21.9 Å². The predicted molar refractivity (Wildman–Crippen MR) is 101 cm³/mol. The number of benzene rings is 2. The third-order valence-corrected chi connectivity index (χ3v) is 4.56. The molecule has 2 aromatic carbocycles. The first-order valence-corrected chi connectivity index (χ1v) is 8.67. The third kappa shape index (κ3) is 2.74. The van der Waals surface area contributed by atoms with Crippen molar-refractivity contribution in [3.8, 4) is 5.75 Å². The number of hydrogen-bond acceptors (Lipinski definition) is 3. The Balaban J connectivity index is 1.93. The van der Waals surface area contributed by atoms with Gasteiger partial charge in [-0.25, -0.2) is 0 Å². The average molecular weight is 331 g/mol. The van der Waals surface area contributed by atoms with E-state index in [1.807, 2.05) is 24.4 Å². The number of hydrogen-bond donors (Lipinski definition) is 0. The molecule has 2 heterocycles. The van der Waals surface area contributed by atoms with Gasteiger partial charge in [-0.15, -0.1) is 0 Å². The summed E-state index contributed by atoms with van der Waals surface area (Å²) in [6.07, 6.45) is 4.01. The van der Waals surface area contributed by atoms with Crippen LogP contribution in [0.2, 0.25) is 0 Å². The molecule has 0 fully saturated rings. The molecule has 0 radical (unpaired) electrons. The first-order chi connectivity index (χ1) is 12.3. The summed E-state index contributed by atoms with van der Waals surface area (Å²) in [5.41, 5.74) is 4.37. The molecule has 0 spiro atoms. The lowest BCUT2D eigenvalue weighted by Crippen LogP contribution is -2.06. The fourth-order valence-electron chi connectivity index (χ4n) is 3.37. The molecule has 2 aromatic heterocycles. The standard InChI is InChI=1S/C21H21N3O/c1-3-8-18-17-13-22-21-16(11-7-12-19(21)25-2)20(17)23-24(18)14-15-9-5-4-6-10-15/h4-7,9-13H,3,8,14H2,1-2H3. The van der Waals surface area contributed by atoms with E-state index in [-0.39, 0.29) is 0 Å². The number of ether oxygens (including phenoxy) is 1. The summed E-state index contributed by atoms with van der Waals surface area (Å²) in [6, 6.07) is 16.5. The van der Waals surface area contributed by atoms with Crippen LogP contribution >= 0.6 is 0 Å². The van der Waals surface area contributed by atoms with E-state index in [9.17, 15) is 0 Å². The molecule has 25 heavy (non-hydrogen) atoms. The van der Waals surface area contributed by atoms with Crippen molar-refractivity contribution < 1.29 is 4.74 Å². The highest BCUT2D eigenvalue weighted by atomic mass is 16.5. The number of para-hydroxylation sites is 1. The van der Waals surface area contributed by atoms with Crippen LogP contribution in [0.3, 0.4) is 0 Å². The van der Waals surface area contributed by atoms with E-state index in [1.165, 1.54) is 11.3 Å². The summed E-state index contributed by atoms with van der Waals surface area (Å²) < 4.78 is 7.59. The smallest absolute Gasteiger partial charge is 0.145 e. The average Bonchev–Trinajstić information content (AvgIpc) is 3.00. The quantitative estimate of drug-likeness (QED) is 0.537. The van der Waals surface area contributed by atoms with Gasteiger partial charge in [0, 0.05) is 22.7 Å². The van der Waals surface area contributed by atoms with Gasteiger partial charge >= 0.3 is 0 Å². The van der Waals surface area contributed by atoms with Crippen molar-refractivity contribution in [2.24, 2.45) is 0 Å². The van der Waals surface area contributed by atoms with Crippen LogP contribution in [0.4, 0.5) is 0 Å². The predicted octanol–water partition coefficient (Wildman–Crippen LogP) is 4.59. The van der Waals surface area contributed by atoms with Gasteiger partial charge in [-0.2, -0.15) is 5.10 Å². The Morgan fingerprint density at radius 3 is 2.56 bits per heavy atom. The normalized spacial score (nSPS) is 11.3. The Hall–Kier alpha value is -2.88. The van der Waals surface area contributed by atoms with Crippen molar-refractivity contribution in [2.45, 2.75) is 26.3 Å². The van der Waals surface area contributed by atoms with Gasteiger partial charge in [0.25, 0.3) is 0 Å². The van der Waals surface area contributed by atoms with Gasteiger partial charge < -0.3 is 4.74 Å². The summed E-state index contributed by atoms with van der Waals surface area (Å²) in [6.45, 7) is 2.97. The number of methoxy groups -OCH3 is 1. The maximum absolute atomic E-state index is 5.46. The molecular formula is C21H21N3O. The third-order valence-electron chi connectivity index (χ3n) is 4.56. The molecule has 0 aliphatic heterocycles. The van der Waals surface area contributed by atoms with Crippen molar-refractivity contribution >= 4 is 21.8 Å². The number of nitrogens with zero attached hydrogens (tertiary/aromatic N) is 3. The zero-order valence-electron chi connectivity index (χ0n) is 14.6. The van der Waals surface area contributed by atoms with E-state index in [4.69, 9.17) is 9.84 Å².